The molecule has 0 bridgehead atoms. The van der Waals surface area contributed by atoms with Gasteiger partial charge in [-0.1, -0.05) is 13.0 Å². The number of nitrogens with zero attached hydrogens (tertiary/aromatic N) is 1. The normalized spacial score (nSPS) is 12.3. The minimum Gasteiger partial charge on any atom is -0.481 e. The first-order valence-electron chi connectivity index (χ1n) is 7.17. The Balaban J connectivity index is 2.02. The number of hydrogen-bond acceptors (Lipinski definition) is 4. The molecule has 1 atom stereocenters. The van der Waals surface area contributed by atoms with Crippen molar-refractivity contribution in [3.05, 3.63) is 44.7 Å². The number of nitrogens with one attached hydrogen (secondary N) is 1. The predicted octanol–water partition coefficient (Wildman–Crippen LogP) is 4.07. The van der Waals surface area contributed by atoms with Gasteiger partial charge in [0.2, 0.25) is 5.88 Å². The maximum atomic E-state index is 5.11. The van der Waals surface area contributed by atoms with Gasteiger partial charge in [-0.05, 0) is 58.7 Å². The molecule has 0 fully saturated rings. The van der Waals surface area contributed by atoms with Crippen LogP contribution in [0, 0.1) is 0 Å². The highest BCUT2D eigenvalue weighted by atomic mass is 79.9. The van der Waals surface area contributed by atoms with Gasteiger partial charge in [0, 0.05) is 27.7 Å². The zero-order valence-electron chi connectivity index (χ0n) is 12.4. The van der Waals surface area contributed by atoms with Crippen molar-refractivity contribution in [2.45, 2.75) is 32.2 Å². The molecule has 0 saturated carbocycles. The van der Waals surface area contributed by atoms with Crippen molar-refractivity contribution < 1.29 is 4.74 Å². The largest absolute Gasteiger partial charge is 0.481 e. The quantitative estimate of drug-likeness (QED) is 0.762. The summed E-state index contributed by atoms with van der Waals surface area (Å²) in [5.74, 6) is 0.665. The highest BCUT2D eigenvalue weighted by molar-refractivity contribution is 9.10. The molecule has 21 heavy (non-hydrogen) atoms. The molecule has 0 aliphatic carbocycles. The summed E-state index contributed by atoms with van der Waals surface area (Å²) in [5, 5.41) is 5.77. The van der Waals surface area contributed by atoms with Crippen molar-refractivity contribution in [1.82, 2.24) is 10.3 Å². The molecule has 2 aromatic heterocycles. The third kappa shape index (κ3) is 5.09. The van der Waals surface area contributed by atoms with Crippen molar-refractivity contribution >= 4 is 27.3 Å². The number of methoxy groups -OCH3 is 1. The third-order valence-electron chi connectivity index (χ3n) is 3.29. The van der Waals surface area contributed by atoms with Gasteiger partial charge in [-0.3, -0.25) is 0 Å². The highest BCUT2D eigenvalue weighted by Gasteiger charge is 2.13. The molecule has 3 nitrogen and oxygen atoms in total. The van der Waals surface area contributed by atoms with Crippen molar-refractivity contribution in [3.8, 4) is 5.88 Å². The van der Waals surface area contributed by atoms with E-state index in [0.717, 1.165) is 25.8 Å². The van der Waals surface area contributed by atoms with Gasteiger partial charge in [0.1, 0.15) is 0 Å². The molecule has 1 unspecified atom stereocenters. The standard InChI is InChI=1S/C16H21BrN2OS/c1-3-7-18-13(10-15-14(17)6-8-21-15)9-12-4-5-16(20-2)19-11-12/h4-6,8,11,13,18H,3,7,9-10H2,1-2H3. The van der Waals surface area contributed by atoms with Crippen molar-refractivity contribution in [2.24, 2.45) is 0 Å². The van der Waals surface area contributed by atoms with Gasteiger partial charge in [-0.15, -0.1) is 11.3 Å². The molecule has 5 heteroatoms. The van der Waals surface area contributed by atoms with E-state index < -0.39 is 0 Å². The number of ether oxygens (including phenoxy) is 1. The Labute approximate surface area is 138 Å². The predicted molar refractivity (Wildman–Crippen MR) is 92.3 cm³/mol. The molecule has 114 valence electrons. The number of hydrogen-bond donors (Lipinski definition) is 1. The molecule has 0 amide bonds. The average Bonchev–Trinajstić information content (AvgIpc) is 2.91. The van der Waals surface area contributed by atoms with Crippen LogP contribution >= 0.6 is 27.3 Å². The van der Waals surface area contributed by atoms with Crippen LogP contribution in [-0.2, 0) is 12.8 Å². The van der Waals surface area contributed by atoms with Gasteiger partial charge < -0.3 is 10.1 Å². The topological polar surface area (TPSA) is 34.1 Å². The Morgan fingerprint density at radius 2 is 2.19 bits per heavy atom. The zero-order valence-corrected chi connectivity index (χ0v) is 14.8. The summed E-state index contributed by atoms with van der Waals surface area (Å²) >= 11 is 5.43. The van der Waals surface area contributed by atoms with Gasteiger partial charge >= 0.3 is 0 Å². The lowest BCUT2D eigenvalue weighted by Crippen LogP contribution is -2.33. The fourth-order valence-electron chi connectivity index (χ4n) is 2.20. The van der Waals surface area contributed by atoms with E-state index in [-0.39, 0.29) is 0 Å². The highest BCUT2D eigenvalue weighted by Crippen LogP contribution is 2.24. The maximum Gasteiger partial charge on any atom is 0.212 e. The second kappa shape index (κ2) is 8.51. The fraction of sp³-hybridized carbons (Fsp3) is 0.438. The average molecular weight is 369 g/mol. The van der Waals surface area contributed by atoms with Crippen LogP contribution in [0.4, 0.5) is 0 Å². The van der Waals surface area contributed by atoms with Crippen LogP contribution in [-0.4, -0.2) is 24.7 Å². The Morgan fingerprint density at radius 3 is 2.76 bits per heavy atom. The number of aromatic nitrogens is 1. The van der Waals surface area contributed by atoms with E-state index in [1.165, 1.54) is 14.9 Å². The van der Waals surface area contributed by atoms with Crippen LogP contribution in [0.15, 0.2) is 34.2 Å². The lowest BCUT2D eigenvalue weighted by molar-refractivity contribution is 0.397. The summed E-state index contributed by atoms with van der Waals surface area (Å²) in [6.07, 6.45) is 5.05. The van der Waals surface area contributed by atoms with Gasteiger partial charge in [-0.2, -0.15) is 0 Å². The number of rotatable bonds is 8. The van der Waals surface area contributed by atoms with Crippen LogP contribution in [0.1, 0.15) is 23.8 Å². The maximum absolute atomic E-state index is 5.11. The summed E-state index contributed by atoms with van der Waals surface area (Å²) in [6.45, 7) is 3.23. The van der Waals surface area contributed by atoms with Crippen molar-refractivity contribution in [2.75, 3.05) is 13.7 Å². The second-order valence-electron chi connectivity index (χ2n) is 4.96. The van der Waals surface area contributed by atoms with Gasteiger partial charge in [0.25, 0.3) is 0 Å². The molecule has 0 aromatic carbocycles. The lowest BCUT2D eigenvalue weighted by Gasteiger charge is -2.18. The number of pyridine rings is 1. The van der Waals surface area contributed by atoms with Gasteiger partial charge in [0.15, 0.2) is 0 Å². The molecule has 2 rings (SSSR count). The number of halogens is 1. The minimum atomic E-state index is 0.426. The summed E-state index contributed by atoms with van der Waals surface area (Å²) in [4.78, 5) is 5.68. The molecule has 2 heterocycles. The van der Waals surface area contributed by atoms with Crippen molar-refractivity contribution in [1.29, 1.82) is 0 Å². The van der Waals surface area contributed by atoms with E-state index in [2.05, 4.69) is 50.7 Å². The van der Waals surface area contributed by atoms with Crippen LogP contribution < -0.4 is 10.1 Å². The molecular formula is C16H21BrN2OS. The molecular weight excluding hydrogens is 348 g/mol. The Kier molecular flexibility index (Phi) is 6.67. The first kappa shape index (κ1) is 16.5. The fourth-order valence-corrected chi connectivity index (χ4v) is 3.79. The number of thiophene rings is 1. The van der Waals surface area contributed by atoms with Crippen molar-refractivity contribution in [3.63, 3.8) is 0 Å². The molecule has 1 N–H and O–H groups in total. The Bertz CT molecular complexity index is 541. The Morgan fingerprint density at radius 1 is 1.33 bits per heavy atom. The summed E-state index contributed by atoms with van der Waals surface area (Å²) in [7, 11) is 1.64. The first-order valence-corrected chi connectivity index (χ1v) is 8.84. The van der Waals surface area contributed by atoms with Crippen LogP contribution in [0.25, 0.3) is 0 Å². The molecule has 0 saturated heterocycles. The van der Waals surface area contributed by atoms with E-state index in [1.54, 1.807) is 18.4 Å². The van der Waals surface area contributed by atoms with Crippen LogP contribution in [0.3, 0.4) is 0 Å². The second-order valence-corrected chi connectivity index (χ2v) is 6.81. The van der Waals surface area contributed by atoms with E-state index in [4.69, 9.17) is 4.74 Å². The third-order valence-corrected chi connectivity index (χ3v) is 5.24. The summed E-state index contributed by atoms with van der Waals surface area (Å²) in [6, 6.07) is 6.56. The molecule has 0 aliphatic rings. The molecule has 0 radical (unpaired) electrons. The summed E-state index contributed by atoms with van der Waals surface area (Å²) < 4.78 is 6.32. The molecule has 0 aliphatic heterocycles. The molecule has 0 spiro atoms. The van der Waals surface area contributed by atoms with E-state index >= 15 is 0 Å². The SMILES string of the molecule is CCCNC(Cc1ccc(OC)nc1)Cc1sccc1Br. The lowest BCUT2D eigenvalue weighted by atomic mass is 10.0. The minimum absolute atomic E-state index is 0.426. The Hall–Kier alpha value is -0.910. The summed E-state index contributed by atoms with van der Waals surface area (Å²) in [5.41, 5.74) is 1.23. The van der Waals surface area contributed by atoms with E-state index in [9.17, 15) is 0 Å². The first-order chi connectivity index (χ1) is 10.2. The van der Waals surface area contributed by atoms with Gasteiger partial charge in [0.05, 0.1) is 7.11 Å². The molecule has 2 aromatic rings. The van der Waals surface area contributed by atoms with Crippen LogP contribution in [0.5, 0.6) is 5.88 Å². The zero-order chi connectivity index (χ0) is 15.1. The smallest absolute Gasteiger partial charge is 0.212 e. The van der Waals surface area contributed by atoms with E-state index in [1.807, 2.05) is 12.3 Å². The monoisotopic (exact) mass is 368 g/mol. The van der Waals surface area contributed by atoms with E-state index in [0.29, 0.717) is 11.9 Å². The van der Waals surface area contributed by atoms with Crippen LogP contribution in [0.2, 0.25) is 0 Å². The van der Waals surface area contributed by atoms with Gasteiger partial charge in [-0.25, -0.2) is 4.98 Å².